The highest BCUT2D eigenvalue weighted by molar-refractivity contribution is 6.35. The van der Waals surface area contributed by atoms with E-state index < -0.39 is 16.7 Å². The van der Waals surface area contributed by atoms with E-state index in [0.717, 1.165) is 0 Å². The van der Waals surface area contributed by atoms with Crippen LogP contribution in [0, 0.1) is 16.0 Å². The molecule has 8 nitrogen and oxygen atoms in total. The number of carbonyl (C=O) groups excluding carboxylic acids is 2. The summed E-state index contributed by atoms with van der Waals surface area (Å²) in [5.41, 5.74) is 2.41. The Hall–Kier alpha value is -2.77. The molecule has 0 spiro atoms. The average Bonchev–Trinajstić information content (AvgIpc) is 2.44. The number of nitro groups is 1. The lowest BCUT2D eigenvalue weighted by molar-refractivity contribution is -0.384. The zero-order chi connectivity index (χ0) is 15.8. The Morgan fingerprint density at radius 2 is 2.10 bits per heavy atom. The summed E-state index contributed by atoms with van der Waals surface area (Å²) >= 11 is 0. The van der Waals surface area contributed by atoms with Crippen LogP contribution in [0.3, 0.4) is 0 Å². The standard InChI is InChI=1S/C13H16N4O4/c1-9(2)7-14-12(18)13(19)16-15-8-10-4-3-5-11(6-10)17(20)21/h3-6,8-9H,7H2,1-2H3,(H,14,18)(H,16,19)/b15-8-. The number of hydrazone groups is 1. The van der Waals surface area contributed by atoms with Crippen molar-refractivity contribution in [2.45, 2.75) is 13.8 Å². The van der Waals surface area contributed by atoms with Gasteiger partial charge in [0.05, 0.1) is 11.1 Å². The van der Waals surface area contributed by atoms with Gasteiger partial charge in [-0.15, -0.1) is 0 Å². The van der Waals surface area contributed by atoms with Gasteiger partial charge in [-0.2, -0.15) is 5.10 Å². The van der Waals surface area contributed by atoms with Crippen molar-refractivity contribution < 1.29 is 14.5 Å². The first-order valence-corrected chi connectivity index (χ1v) is 6.26. The molecule has 0 aromatic heterocycles. The van der Waals surface area contributed by atoms with Crippen LogP contribution in [-0.2, 0) is 9.59 Å². The number of hydrogen-bond acceptors (Lipinski definition) is 5. The third kappa shape index (κ3) is 5.81. The molecule has 0 aliphatic rings. The van der Waals surface area contributed by atoms with Crippen LogP contribution < -0.4 is 10.7 Å². The maximum Gasteiger partial charge on any atom is 0.329 e. The molecule has 1 aromatic carbocycles. The molecular formula is C13H16N4O4. The van der Waals surface area contributed by atoms with Gasteiger partial charge < -0.3 is 5.32 Å². The van der Waals surface area contributed by atoms with Crippen LogP contribution in [0.15, 0.2) is 29.4 Å². The smallest absolute Gasteiger partial charge is 0.329 e. The predicted octanol–water partition coefficient (Wildman–Crippen LogP) is 0.817. The van der Waals surface area contributed by atoms with Crippen LogP contribution in [0.5, 0.6) is 0 Å². The first-order valence-electron chi connectivity index (χ1n) is 6.26. The number of nitrogens with zero attached hydrogens (tertiary/aromatic N) is 2. The molecule has 0 atom stereocenters. The van der Waals surface area contributed by atoms with E-state index in [1.807, 2.05) is 13.8 Å². The molecule has 2 N–H and O–H groups in total. The fraction of sp³-hybridized carbons (Fsp3) is 0.308. The zero-order valence-corrected chi connectivity index (χ0v) is 11.7. The van der Waals surface area contributed by atoms with Crippen LogP contribution in [0.4, 0.5) is 5.69 Å². The quantitative estimate of drug-likeness (QED) is 0.362. The first kappa shape index (κ1) is 16.3. The number of non-ortho nitro benzene ring substituents is 1. The van der Waals surface area contributed by atoms with Gasteiger partial charge in [0.25, 0.3) is 5.69 Å². The van der Waals surface area contributed by atoms with E-state index in [-0.39, 0.29) is 11.6 Å². The SMILES string of the molecule is CC(C)CNC(=O)C(=O)N/N=C\c1cccc([N+](=O)[O-])c1. The minimum Gasteiger partial charge on any atom is -0.348 e. The maximum absolute atomic E-state index is 11.4. The lowest BCUT2D eigenvalue weighted by Gasteiger charge is -2.05. The number of nitrogens with one attached hydrogen (secondary N) is 2. The summed E-state index contributed by atoms with van der Waals surface area (Å²) in [7, 11) is 0. The van der Waals surface area contributed by atoms with E-state index in [9.17, 15) is 19.7 Å². The van der Waals surface area contributed by atoms with Gasteiger partial charge in [-0.1, -0.05) is 26.0 Å². The van der Waals surface area contributed by atoms with Crippen LogP contribution in [-0.4, -0.2) is 29.5 Å². The van der Waals surface area contributed by atoms with E-state index in [1.165, 1.54) is 24.4 Å². The highest BCUT2D eigenvalue weighted by Gasteiger charge is 2.12. The van der Waals surface area contributed by atoms with Crippen LogP contribution in [0.25, 0.3) is 0 Å². The van der Waals surface area contributed by atoms with Crippen LogP contribution in [0.1, 0.15) is 19.4 Å². The number of carbonyl (C=O) groups is 2. The minimum absolute atomic E-state index is 0.0834. The van der Waals surface area contributed by atoms with E-state index >= 15 is 0 Å². The second-order valence-corrected chi connectivity index (χ2v) is 4.66. The van der Waals surface area contributed by atoms with Gasteiger partial charge in [0.15, 0.2) is 0 Å². The molecule has 0 saturated carbocycles. The molecule has 1 aromatic rings. The number of benzene rings is 1. The molecule has 2 amide bonds. The summed E-state index contributed by atoms with van der Waals surface area (Å²) < 4.78 is 0. The summed E-state index contributed by atoms with van der Waals surface area (Å²) in [6, 6.07) is 5.72. The molecule has 21 heavy (non-hydrogen) atoms. The fourth-order valence-electron chi connectivity index (χ4n) is 1.31. The lowest BCUT2D eigenvalue weighted by Crippen LogP contribution is -2.39. The van der Waals surface area contributed by atoms with E-state index in [4.69, 9.17) is 0 Å². The summed E-state index contributed by atoms with van der Waals surface area (Å²) in [6.45, 7) is 4.19. The van der Waals surface area contributed by atoms with E-state index in [0.29, 0.717) is 12.1 Å². The molecular weight excluding hydrogens is 276 g/mol. The van der Waals surface area contributed by atoms with Gasteiger partial charge in [0.2, 0.25) is 0 Å². The largest absolute Gasteiger partial charge is 0.348 e. The zero-order valence-electron chi connectivity index (χ0n) is 11.7. The molecule has 0 radical (unpaired) electrons. The molecule has 0 saturated heterocycles. The Morgan fingerprint density at radius 1 is 1.38 bits per heavy atom. The van der Waals surface area contributed by atoms with Crippen molar-refractivity contribution >= 4 is 23.7 Å². The van der Waals surface area contributed by atoms with Crippen molar-refractivity contribution in [3.8, 4) is 0 Å². The number of amides is 2. The number of rotatable bonds is 5. The van der Waals surface area contributed by atoms with Crippen molar-refractivity contribution in [1.82, 2.24) is 10.7 Å². The van der Waals surface area contributed by atoms with Crippen LogP contribution in [0.2, 0.25) is 0 Å². The molecule has 8 heteroatoms. The second-order valence-electron chi connectivity index (χ2n) is 4.66. The van der Waals surface area contributed by atoms with Gasteiger partial charge in [0.1, 0.15) is 0 Å². The summed E-state index contributed by atoms with van der Waals surface area (Å²) in [6.07, 6.45) is 1.22. The van der Waals surface area contributed by atoms with Gasteiger partial charge in [-0.25, -0.2) is 5.43 Å². The van der Waals surface area contributed by atoms with Gasteiger partial charge in [-0.05, 0) is 5.92 Å². The van der Waals surface area contributed by atoms with Crippen molar-refractivity contribution in [2.75, 3.05) is 6.54 Å². The summed E-state index contributed by atoms with van der Waals surface area (Å²) in [5, 5.41) is 16.6. The van der Waals surface area contributed by atoms with Crippen LogP contribution >= 0.6 is 0 Å². The third-order valence-electron chi connectivity index (χ3n) is 2.34. The number of hydrogen-bond donors (Lipinski definition) is 2. The average molecular weight is 292 g/mol. The van der Waals surface area contributed by atoms with E-state index in [2.05, 4.69) is 15.8 Å². The molecule has 0 unspecified atom stereocenters. The minimum atomic E-state index is -0.891. The Morgan fingerprint density at radius 3 is 2.71 bits per heavy atom. The van der Waals surface area contributed by atoms with Crippen molar-refractivity contribution in [2.24, 2.45) is 11.0 Å². The molecule has 0 fully saturated rings. The number of nitro benzene ring substituents is 1. The maximum atomic E-state index is 11.4. The first-order chi connectivity index (χ1) is 9.90. The Kier molecular flexibility index (Phi) is 5.99. The highest BCUT2D eigenvalue weighted by Crippen LogP contribution is 2.11. The van der Waals surface area contributed by atoms with Crippen molar-refractivity contribution in [3.63, 3.8) is 0 Å². The molecule has 0 aliphatic carbocycles. The monoisotopic (exact) mass is 292 g/mol. The lowest BCUT2D eigenvalue weighted by atomic mass is 10.2. The van der Waals surface area contributed by atoms with E-state index in [1.54, 1.807) is 6.07 Å². The second kappa shape index (κ2) is 7.73. The Balaban J connectivity index is 2.54. The fourth-order valence-corrected chi connectivity index (χ4v) is 1.31. The molecule has 1 rings (SSSR count). The predicted molar refractivity (Wildman–Crippen MR) is 76.7 cm³/mol. The molecule has 0 heterocycles. The summed E-state index contributed by atoms with van der Waals surface area (Å²) in [5.74, 6) is -1.44. The van der Waals surface area contributed by atoms with Gasteiger partial charge >= 0.3 is 11.8 Å². The van der Waals surface area contributed by atoms with Gasteiger partial charge in [-0.3, -0.25) is 19.7 Å². The molecule has 0 aliphatic heterocycles. The third-order valence-corrected chi connectivity index (χ3v) is 2.34. The Labute approximate surface area is 121 Å². The topological polar surface area (TPSA) is 114 Å². The van der Waals surface area contributed by atoms with Gasteiger partial charge in [0, 0.05) is 24.2 Å². The molecule has 0 bridgehead atoms. The van der Waals surface area contributed by atoms with Crippen molar-refractivity contribution in [3.05, 3.63) is 39.9 Å². The Bertz CT molecular complexity index is 569. The normalized spacial score (nSPS) is 10.6. The van der Waals surface area contributed by atoms with Crippen molar-refractivity contribution in [1.29, 1.82) is 0 Å². The molecule has 112 valence electrons. The highest BCUT2D eigenvalue weighted by atomic mass is 16.6. The summed E-state index contributed by atoms with van der Waals surface area (Å²) in [4.78, 5) is 32.8.